The van der Waals surface area contributed by atoms with Crippen LogP contribution in [-0.4, -0.2) is 0 Å². The average Bonchev–Trinajstić information content (AvgIpc) is 2.16. The second kappa shape index (κ2) is 9.83. The van der Waals surface area contributed by atoms with Crippen LogP contribution in [-0.2, 0) is 0 Å². The minimum absolute atomic E-state index is 1.21. The van der Waals surface area contributed by atoms with Crippen LogP contribution in [0.5, 0.6) is 0 Å². The fourth-order valence-electron chi connectivity index (χ4n) is 1.67. The third kappa shape index (κ3) is 8.08. The Morgan fingerprint density at radius 1 is 0.923 bits per heavy atom. The van der Waals surface area contributed by atoms with Gasteiger partial charge in [-0.1, -0.05) is 58.1 Å². The Morgan fingerprint density at radius 2 is 1.62 bits per heavy atom. The highest BCUT2D eigenvalue weighted by molar-refractivity contribution is 5.00. The van der Waals surface area contributed by atoms with Crippen LogP contribution in [0.3, 0.4) is 0 Å². The maximum Gasteiger partial charge on any atom is -0.0320 e. The van der Waals surface area contributed by atoms with E-state index in [-0.39, 0.29) is 0 Å². The molecule has 0 aromatic rings. The van der Waals surface area contributed by atoms with Crippen LogP contribution >= 0.6 is 0 Å². The molecule has 0 spiro atoms. The van der Waals surface area contributed by atoms with Gasteiger partial charge in [0.1, 0.15) is 0 Å². The van der Waals surface area contributed by atoms with Gasteiger partial charge in [-0.05, 0) is 25.7 Å². The Morgan fingerprint density at radius 3 is 2.15 bits per heavy atom. The molecular weight excluding hydrogens is 156 g/mol. The van der Waals surface area contributed by atoms with Gasteiger partial charge in [0, 0.05) is 0 Å². The van der Waals surface area contributed by atoms with E-state index in [0.29, 0.717) is 0 Å². The molecule has 0 rings (SSSR count). The number of rotatable bonds is 8. The van der Waals surface area contributed by atoms with E-state index in [1.165, 1.54) is 51.4 Å². The molecule has 0 amide bonds. The van der Waals surface area contributed by atoms with Gasteiger partial charge in [-0.3, -0.25) is 0 Å². The molecule has 13 heavy (non-hydrogen) atoms. The van der Waals surface area contributed by atoms with Gasteiger partial charge in [-0.15, -0.1) is 0 Å². The lowest BCUT2D eigenvalue weighted by Gasteiger charge is -2.03. The largest absolute Gasteiger partial charge is 0.0856 e. The molecule has 78 valence electrons. The van der Waals surface area contributed by atoms with E-state index >= 15 is 0 Å². The van der Waals surface area contributed by atoms with Crippen LogP contribution in [0.2, 0.25) is 0 Å². The van der Waals surface area contributed by atoms with Crippen molar-refractivity contribution in [2.24, 2.45) is 0 Å². The molecule has 0 atom stereocenters. The lowest BCUT2D eigenvalue weighted by Crippen LogP contribution is -1.83. The van der Waals surface area contributed by atoms with Crippen LogP contribution in [0.15, 0.2) is 11.6 Å². The highest BCUT2D eigenvalue weighted by Gasteiger charge is 1.94. The average molecular weight is 182 g/mol. The summed E-state index contributed by atoms with van der Waals surface area (Å²) in [5, 5.41) is 0. The molecule has 0 fully saturated rings. The van der Waals surface area contributed by atoms with Crippen molar-refractivity contribution < 1.29 is 0 Å². The molecule has 0 saturated heterocycles. The number of hydrogen-bond acceptors (Lipinski definition) is 0. The van der Waals surface area contributed by atoms with E-state index in [1.807, 2.05) is 0 Å². The SMILES string of the molecule is CCC=C(CC)CCCCCCC. The fraction of sp³-hybridized carbons (Fsp3) is 0.846. The van der Waals surface area contributed by atoms with Crippen molar-refractivity contribution in [3.8, 4) is 0 Å². The molecule has 0 nitrogen and oxygen atoms in total. The number of hydrogen-bond donors (Lipinski definition) is 0. The van der Waals surface area contributed by atoms with Gasteiger partial charge in [-0.25, -0.2) is 0 Å². The maximum absolute atomic E-state index is 2.40. The third-order valence-electron chi connectivity index (χ3n) is 2.55. The Hall–Kier alpha value is -0.260. The van der Waals surface area contributed by atoms with Gasteiger partial charge in [-0.2, -0.15) is 0 Å². The van der Waals surface area contributed by atoms with Crippen LogP contribution in [0.25, 0.3) is 0 Å². The fourth-order valence-corrected chi connectivity index (χ4v) is 1.67. The zero-order valence-electron chi connectivity index (χ0n) is 9.73. The van der Waals surface area contributed by atoms with Crippen LogP contribution in [0.1, 0.15) is 72.1 Å². The molecule has 0 heteroatoms. The summed E-state index contributed by atoms with van der Waals surface area (Å²) in [5.74, 6) is 0. The van der Waals surface area contributed by atoms with E-state index in [4.69, 9.17) is 0 Å². The lowest BCUT2D eigenvalue weighted by atomic mass is 10.0. The molecule has 0 heterocycles. The van der Waals surface area contributed by atoms with Gasteiger partial charge in [0.05, 0.1) is 0 Å². The molecule has 0 radical (unpaired) electrons. The van der Waals surface area contributed by atoms with Crippen LogP contribution in [0.4, 0.5) is 0 Å². The van der Waals surface area contributed by atoms with Crippen molar-refractivity contribution in [1.82, 2.24) is 0 Å². The summed E-state index contributed by atoms with van der Waals surface area (Å²) in [6, 6.07) is 0. The predicted molar refractivity (Wildman–Crippen MR) is 62.0 cm³/mol. The van der Waals surface area contributed by atoms with E-state index in [0.717, 1.165) is 0 Å². The van der Waals surface area contributed by atoms with E-state index < -0.39 is 0 Å². The third-order valence-corrected chi connectivity index (χ3v) is 2.55. The smallest absolute Gasteiger partial charge is 0.0320 e. The molecule has 0 aliphatic heterocycles. The van der Waals surface area contributed by atoms with Crippen molar-refractivity contribution in [3.05, 3.63) is 11.6 Å². The first-order valence-electron chi connectivity index (χ1n) is 6.03. The topological polar surface area (TPSA) is 0 Å². The highest BCUT2D eigenvalue weighted by Crippen LogP contribution is 2.14. The van der Waals surface area contributed by atoms with E-state index in [9.17, 15) is 0 Å². The number of unbranched alkanes of at least 4 members (excludes halogenated alkanes) is 4. The van der Waals surface area contributed by atoms with E-state index in [2.05, 4.69) is 26.8 Å². The Bertz CT molecular complexity index is 122. The first-order chi connectivity index (χ1) is 6.35. The van der Waals surface area contributed by atoms with E-state index in [1.54, 1.807) is 5.57 Å². The van der Waals surface area contributed by atoms with Gasteiger partial charge >= 0.3 is 0 Å². The monoisotopic (exact) mass is 182 g/mol. The molecule has 0 bridgehead atoms. The van der Waals surface area contributed by atoms with Gasteiger partial charge in [0.15, 0.2) is 0 Å². The predicted octanol–water partition coefficient (Wildman–Crippen LogP) is 5.09. The van der Waals surface area contributed by atoms with Crippen molar-refractivity contribution in [2.75, 3.05) is 0 Å². The quantitative estimate of drug-likeness (QED) is 0.362. The zero-order chi connectivity index (χ0) is 9.94. The Balaban J connectivity index is 3.33. The van der Waals surface area contributed by atoms with Crippen molar-refractivity contribution in [2.45, 2.75) is 72.1 Å². The minimum Gasteiger partial charge on any atom is -0.0856 e. The van der Waals surface area contributed by atoms with Gasteiger partial charge < -0.3 is 0 Å². The molecule has 0 aromatic carbocycles. The van der Waals surface area contributed by atoms with Crippen molar-refractivity contribution in [1.29, 1.82) is 0 Å². The first kappa shape index (κ1) is 12.7. The normalized spacial score (nSPS) is 12.1. The second-order valence-electron chi connectivity index (χ2n) is 3.79. The molecule has 0 unspecified atom stereocenters. The van der Waals surface area contributed by atoms with Gasteiger partial charge in [0.2, 0.25) is 0 Å². The summed E-state index contributed by atoms with van der Waals surface area (Å²) in [4.78, 5) is 0. The standard InChI is InChI=1S/C13H26/c1-4-7-8-9-10-12-13(6-3)11-5-2/h11H,4-10,12H2,1-3H3. The Labute approximate surface area is 84.4 Å². The lowest BCUT2D eigenvalue weighted by molar-refractivity contribution is 0.625. The van der Waals surface area contributed by atoms with Crippen molar-refractivity contribution in [3.63, 3.8) is 0 Å². The number of allylic oxidation sites excluding steroid dienone is 2. The summed E-state index contributed by atoms with van der Waals surface area (Å²) in [6.07, 6.45) is 13.2. The minimum atomic E-state index is 1.21. The molecule has 0 aliphatic carbocycles. The molecule has 0 N–H and O–H groups in total. The summed E-state index contributed by atoms with van der Waals surface area (Å²) in [7, 11) is 0. The van der Waals surface area contributed by atoms with Crippen molar-refractivity contribution >= 4 is 0 Å². The summed E-state index contributed by atoms with van der Waals surface area (Å²) >= 11 is 0. The molecular formula is C13H26. The molecule has 0 aliphatic rings. The second-order valence-corrected chi connectivity index (χ2v) is 3.79. The first-order valence-corrected chi connectivity index (χ1v) is 6.03. The molecule has 0 aromatic heterocycles. The Kier molecular flexibility index (Phi) is 9.63. The zero-order valence-corrected chi connectivity index (χ0v) is 9.73. The summed E-state index contributed by atoms with van der Waals surface area (Å²) in [6.45, 7) is 6.77. The maximum atomic E-state index is 2.40. The summed E-state index contributed by atoms with van der Waals surface area (Å²) < 4.78 is 0. The summed E-state index contributed by atoms with van der Waals surface area (Å²) in [5.41, 5.74) is 1.67. The van der Waals surface area contributed by atoms with Gasteiger partial charge in [0.25, 0.3) is 0 Å². The van der Waals surface area contributed by atoms with Crippen LogP contribution in [0, 0.1) is 0 Å². The highest BCUT2D eigenvalue weighted by atomic mass is 14.0. The molecule has 0 saturated carbocycles. The van der Waals surface area contributed by atoms with Crippen LogP contribution < -0.4 is 0 Å².